The van der Waals surface area contributed by atoms with Gasteiger partial charge in [-0.2, -0.15) is 0 Å². The Kier molecular flexibility index (Phi) is 4.74. The molecular formula is C15H19NO4. The molecular weight excluding hydrogens is 258 g/mol. The van der Waals surface area contributed by atoms with Crippen LogP contribution in [0.4, 0.5) is 5.69 Å². The summed E-state index contributed by atoms with van der Waals surface area (Å²) in [5.41, 5.74) is 1.65. The number of benzene rings is 1. The van der Waals surface area contributed by atoms with E-state index in [1.54, 1.807) is 12.1 Å². The van der Waals surface area contributed by atoms with Gasteiger partial charge in [-0.05, 0) is 43.9 Å². The average Bonchev–Trinajstić information content (AvgIpc) is 2.85. The Balaban J connectivity index is 1.87. The fourth-order valence-corrected chi connectivity index (χ4v) is 2.22. The third kappa shape index (κ3) is 4.06. The van der Waals surface area contributed by atoms with Crippen molar-refractivity contribution in [2.45, 2.75) is 44.8 Å². The number of aliphatic carboxylic acids is 1. The molecule has 0 saturated carbocycles. The first-order chi connectivity index (χ1) is 9.54. The summed E-state index contributed by atoms with van der Waals surface area (Å²) in [5.74, 6) is -0.928. The first-order valence-corrected chi connectivity index (χ1v) is 6.81. The van der Waals surface area contributed by atoms with E-state index in [1.165, 1.54) is 0 Å². The molecule has 1 aromatic rings. The van der Waals surface area contributed by atoms with Gasteiger partial charge in [0.25, 0.3) is 5.91 Å². The molecule has 20 heavy (non-hydrogen) atoms. The molecule has 2 N–H and O–H groups in total. The summed E-state index contributed by atoms with van der Waals surface area (Å²) < 4.78 is 5.51. The number of amides is 1. The highest BCUT2D eigenvalue weighted by Crippen LogP contribution is 2.20. The SMILES string of the molecule is CC1CCC(C(=O)Nc2ccc(CCC(=O)O)cc2)O1. The van der Waals surface area contributed by atoms with Gasteiger partial charge in [0.2, 0.25) is 0 Å². The summed E-state index contributed by atoms with van der Waals surface area (Å²) in [5, 5.41) is 11.4. The van der Waals surface area contributed by atoms with Crippen molar-refractivity contribution in [2.75, 3.05) is 5.32 Å². The van der Waals surface area contributed by atoms with Gasteiger partial charge in [-0.25, -0.2) is 0 Å². The zero-order chi connectivity index (χ0) is 14.5. The molecule has 1 aliphatic rings. The van der Waals surface area contributed by atoms with Crippen LogP contribution in [0.25, 0.3) is 0 Å². The van der Waals surface area contributed by atoms with E-state index in [0.29, 0.717) is 12.1 Å². The van der Waals surface area contributed by atoms with Crippen molar-refractivity contribution >= 4 is 17.6 Å². The summed E-state index contributed by atoms with van der Waals surface area (Å²) in [6, 6.07) is 7.23. The van der Waals surface area contributed by atoms with Crippen LogP contribution in [0.2, 0.25) is 0 Å². The predicted molar refractivity (Wildman–Crippen MR) is 74.6 cm³/mol. The molecule has 5 nitrogen and oxygen atoms in total. The van der Waals surface area contributed by atoms with E-state index in [2.05, 4.69) is 5.32 Å². The largest absolute Gasteiger partial charge is 0.481 e. The van der Waals surface area contributed by atoms with E-state index in [1.807, 2.05) is 19.1 Å². The summed E-state index contributed by atoms with van der Waals surface area (Å²) in [6.45, 7) is 1.96. The standard InChI is InChI=1S/C15H19NO4/c1-10-2-8-13(20-10)15(19)16-12-6-3-11(4-7-12)5-9-14(17)18/h3-4,6-7,10,13H,2,5,8-9H2,1H3,(H,16,19)(H,17,18). The number of carboxylic acids is 1. The van der Waals surface area contributed by atoms with Crippen LogP contribution in [-0.2, 0) is 20.7 Å². The van der Waals surface area contributed by atoms with Crippen molar-refractivity contribution < 1.29 is 19.4 Å². The Morgan fingerprint density at radius 1 is 1.30 bits per heavy atom. The minimum absolute atomic E-state index is 0.111. The molecule has 2 atom stereocenters. The number of carboxylic acid groups (broad SMARTS) is 1. The quantitative estimate of drug-likeness (QED) is 0.865. The molecule has 0 radical (unpaired) electrons. The molecule has 0 spiro atoms. The van der Waals surface area contributed by atoms with Gasteiger partial charge >= 0.3 is 5.97 Å². The van der Waals surface area contributed by atoms with Gasteiger partial charge in [-0.15, -0.1) is 0 Å². The van der Waals surface area contributed by atoms with Crippen LogP contribution in [0.1, 0.15) is 31.7 Å². The molecule has 1 heterocycles. The summed E-state index contributed by atoms with van der Waals surface area (Å²) in [4.78, 5) is 22.4. The summed E-state index contributed by atoms with van der Waals surface area (Å²) in [7, 11) is 0. The smallest absolute Gasteiger partial charge is 0.303 e. The molecule has 108 valence electrons. The summed E-state index contributed by atoms with van der Waals surface area (Å²) >= 11 is 0. The highest BCUT2D eigenvalue weighted by Gasteiger charge is 2.27. The van der Waals surface area contributed by atoms with Gasteiger partial charge in [-0.1, -0.05) is 12.1 Å². The third-order valence-corrected chi connectivity index (χ3v) is 3.37. The van der Waals surface area contributed by atoms with E-state index < -0.39 is 5.97 Å². The Hall–Kier alpha value is -1.88. The molecule has 2 rings (SSSR count). The Labute approximate surface area is 117 Å². The fourth-order valence-electron chi connectivity index (χ4n) is 2.22. The lowest BCUT2D eigenvalue weighted by atomic mass is 10.1. The Morgan fingerprint density at radius 3 is 2.55 bits per heavy atom. The van der Waals surface area contributed by atoms with Crippen LogP contribution in [0.15, 0.2) is 24.3 Å². The molecule has 0 bridgehead atoms. The zero-order valence-corrected chi connectivity index (χ0v) is 11.5. The normalized spacial score (nSPS) is 21.6. The molecule has 2 unspecified atom stereocenters. The minimum Gasteiger partial charge on any atom is -0.481 e. The van der Waals surface area contributed by atoms with Crippen molar-refractivity contribution in [1.29, 1.82) is 0 Å². The monoisotopic (exact) mass is 277 g/mol. The van der Waals surface area contributed by atoms with Crippen LogP contribution in [0.3, 0.4) is 0 Å². The number of hydrogen-bond donors (Lipinski definition) is 2. The van der Waals surface area contributed by atoms with Gasteiger partial charge in [0.15, 0.2) is 0 Å². The van der Waals surface area contributed by atoms with Crippen molar-refractivity contribution in [3.05, 3.63) is 29.8 Å². The highest BCUT2D eigenvalue weighted by atomic mass is 16.5. The van der Waals surface area contributed by atoms with E-state index >= 15 is 0 Å². The summed E-state index contributed by atoms with van der Waals surface area (Å²) in [6.07, 6.45) is 2.04. The van der Waals surface area contributed by atoms with Crippen molar-refractivity contribution in [3.8, 4) is 0 Å². The second-order valence-electron chi connectivity index (χ2n) is 5.09. The van der Waals surface area contributed by atoms with E-state index in [9.17, 15) is 9.59 Å². The van der Waals surface area contributed by atoms with E-state index in [-0.39, 0.29) is 24.5 Å². The maximum Gasteiger partial charge on any atom is 0.303 e. The van der Waals surface area contributed by atoms with Crippen LogP contribution < -0.4 is 5.32 Å². The number of ether oxygens (including phenoxy) is 1. The lowest BCUT2D eigenvalue weighted by Gasteiger charge is -2.12. The maximum absolute atomic E-state index is 11.9. The first-order valence-electron chi connectivity index (χ1n) is 6.81. The zero-order valence-electron chi connectivity index (χ0n) is 11.5. The van der Waals surface area contributed by atoms with Crippen LogP contribution >= 0.6 is 0 Å². The van der Waals surface area contributed by atoms with Crippen molar-refractivity contribution in [1.82, 2.24) is 0 Å². The van der Waals surface area contributed by atoms with Gasteiger partial charge < -0.3 is 15.2 Å². The number of nitrogens with one attached hydrogen (secondary N) is 1. The Bertz CT molecular complexity index is 483. The van der Waals surface area contributed by atoms with Crippen molar-refractivity contribution in [3.63, 3.8) is 0 Å². The molecule has 0 aromatic heterocycles. The molecule has 5 heteroatoms. The fraction of sp³-hybridized carbons (Fsp3) is 0.467. The molecule has 1 saturated heterocycles. The molecule has 1 fully saturated rings. The lowest BCUT2D eigenvalue weighted by Crippen LogP contribution is -2.27. The van der Waals surface area contributed by atoms with Crippen LogP contribution in [0.5, 0.6) is 0 Å². The third-order valence-electron chi connectivity index (χ3n) is 3.37. The van der Waals surface area contributed by atoms with Gasteiger partial charge in [-0.3, -0.25) is 9.59 Å². The minimum atomic E-state index is -0.810. The number of rotatable bonds is 5. The second-order valence-corrected chi connectivity index (χ2v) is 5.09. The number of anilines is 1. The van der Waals surface area contributed by atoms with Crippen molar-refractivity contribution in [2.24, 2.45) is 0 Å². The van der Waals surface area contributed by atoms with Gasteiger partial charge in [0, 0.05) is 12.1 Å². The Morgan fingerprint density at radius 2 is 2.00 bits per heavy atom. The molecule has 1 amide bonds. The second kappa shape index (κ2) is 6.52. The van der Waals surface area contributed by atoms with Gasteiger partial charge in [0.1, 0.15) is 6.10 Å². The first kappa shape index (κ1) is 14.5. The average molecular weight is 277 g/mol. The number of hydrogen-bond acceptors (Lipinski definition) is 3. The number of carbonyl (C=O) groups is 2. The van der Waals surface area contributed by atoms with Crippen LogP contribution in [0, 0.1) is 0 Å². The molecule has 0 aliphatic carbocycles. The maximum atomic E-state index is 11.9. The lowest BCUT2D eigenvalue weighted by molar-refractivity contribution is -0.137. The topological polar surface area (TPSA) is 75.6 Å². The van der Waals surface area contributed by atoms with Crippen LogP contribution in [-0.4, -0.2) is 29.2 Å². The molecule has 1 aliphatic heterocycles. The highest BCUT2D eigenvalue weighted by molar-refractivity contribution is 5.94. The molecule has 1 aromatic carbocycles. The van der Waals surface area contributed by atoms with Gasteiger partial charge in [0.05, 0.1) is 6.10 Å². The number of aryl methyl sites for hydroxylation is 1. The van der Waals surface area contributed by atoms with E-state index in [4.69, 9.17) is 9.84 Å². The van der Waals surface area contributed by atoms with E-state index in [0.717, 1.165) is 18.4 Å². The predicted octanol–water partition coefficient (Wildman–Crippen LogP) is 2.21. The number of carbonyl (C=O) groups excluding carboxylic acids is 1.